The number of carboxylic acids is 1. The minimum Gasteiger partial charge on any atom is -0.478 e. The molecule has 1 amide bonds. The SMILES string of the molecule is CSc1ccc(/C=C(/CC(=O)N2CCOCC2)C(=O)O)cc1. The molecule has 0 spiro atoms. The van der Waals surface area contributed by atoms with Crippen LogP contribution in [-0.2, 0) is 14.3 Å². The molecule has 1 fully saturated rings. The van der Waals surface area contributed by atoms with Gasteiger partial charge in [0.25, 0.3) is 0 Å². The summed E-state index contributed by atoms with van der Waals surface area (Å²) in [5.41, 5.74) is 0.887. The van der Waals surface area contributed by atoms with Gasteiger partial charge < -0.3 is 14.7 Å². The molecule has 0 aliphatic carbocycles. The molecule has 0 radical (unpaired) electrons. The van der Waals surface area contributed by atoms with Crippen LogP contribution in [0.1, 0.15) is 12.0 Å². The van der Waals surface area contributed by atoms with Crippen molar-refractivity contribution in [2.75, 3.05) is 32.6 Å². The Morgan fingerprint density at radius 3 is 2.45 bits per heavy atom. The smallest absolute Gasteiger partial charge is 0.332 e. The highest BCUT2D eigenvalue weighted by atomic mass is 32.2. The molecule has 22 heavy (non-hydrogen) atoms. The lowest BCUT2D eigenvalue weighted by Crippen LogP contribution is -2.41. The quantitative estimate of drug-likeness (QED) is 0.665. The number of rotatable bonds is 5. The fourth-order valence-electron chi connectivity index (χ4n) is 2.18. The number of thioether (sulfide) groups is 1. The van der Waals surface area contributed by atoms with E-state index in [2.05, 4.69) is 0 Å². The Morgan fingerprint density at radius 1 is 1.27 bits per heavy atom. The number of hydrogen-bond acceptors (Lipinski definition) is 4. The summed E-state index contributed by atoms with van der Waals surface area (Å²) in [7, 11) is 0. The topological polar surface area (TPSA) is 66.8 Å². The lowest BCUT2D eigenvalue weighted by atomic mass is 10.1. The van der Waals surface area contributed by atoms with Crippen molar-refractivity contribution in [3.8, 4) is 0 Å². The monoisotopic (exact) mass is 321 g/mol. The van der Waals surface area contributed by atoms with E-state index in [9.17, 15) is 14.7 Å². The van der Waals surface area contributed by atoms with Gasteiger partial charge in [-0.3, -0.25) is 4.79 Å². The van der Waals surface area contributed by atoms with Crippen molar-refractivity contribution in [2.45, 2.75) is 11.3 Å². The molecular weight excluding hydrogens is 302 g/mol. The van der Waals surface area contributed by atoms with Gasteiger partial charge in [0.1, 0.15) is 0 Å². The fourth-order valence-corrected chi connectivity index (χ4v) is 2.59. The van der Waals surface area contributed by atoms with Crippen LogP contribution in [0.2, 0.25) is 0 Å². The number of amides is 1. The maximum atomic E-state index is 12.2. The van der Waals surface area contributed by atoms with Crippen LogP contribution in [0.4, 0.5) is 0 Å². The Labute approximate surface area is 133 Å². The summed E-state index contributed by atoms with van der Waals surface area (Å²) in [6, 6.07) is 7.57. The highest BCUT2D eigenvalue weighted by Gasteiger charge is 2.20. The van der Waals surface area contributed by atoms with Gasteiger partial charge in [0.2, 0.25) is 5.91 Å². The molecule has 1 saturated heterocycles. The summed E-state index contributed by atoms with van der Waals surface area (Å²) in [6.07, 6.45) is 3.44. The molecule has 2 rings (SSSR count). The van der Waals surface area contributed by atoms with Crippen molar-refractivity contribution in [1.82, 2.24) is 4.90 Å². The van der Waals surface area contributed by atoms with Crippen LogP contribution in [-0.4, -0.2) is 54.4 Å². The largest absolute Gasteiger partial charge is 0.478 e. The average molecular weight is 321 g/mol. The van der Waals surface area contributed by atoms with Gasteiger partial charge in [0.05, 0.1) is 19.6 Å². The molecule has 0 aromatic heterocycles. The second-order valence-corrected chi connectivity index (χ2v) is 5.80. The van der Waals surface area contributed by atoms with Gasteiger partial charge in [0, 0.05) is 23.6 Å². The van der Waals surface area contributed by atoms with E-state index in [0.717, 1.165) is 10.5 Å². The van der Waals surface area contributed by atoms with E-state index >= 15 is 0 Å². The first-order valence-corrected chi connectivity index (χ1v) is 8.26. The van der Waals surface area contributed by atoms with Crippen LogP contribution >= 0.6 is 11.8 Å². The Bertz CT molecular complexity index is 562. The third-order valence-corrected chi connectivity index (χ3v) is 4.18. The number of carboxylic acid groups (broad SMARTS) is 1. The first kappa shape index (κ1) is 16.6. The zero-order chi connectivity index (χ0) is 15.9. The van der Waals surface area contributed by atoms with Crippen molar-refractivity contribution < 1.29 is 19.4 Å². The minimum atomic E-state index is -1.06. The summed E-state index contributed by atoms with van der Waals surface area (Å²) in [5, 5.41) is 9.31. The van der Waals surface area contributed by atoms with E-state index in [1.807, 2.05) is 30.5 Å². The number of hydrogen-bond donors (Lipinski definition) is 1. The molecule has 1 aliphatic rings. The van der Waals surface area contributed by atoms with Gasteiger partial charge >= 0.3 is 5.97 Å². The van der Waals surface area contributed by atoms with Crippen LogP contribution < -0.4 is 0 Å². The third-order valence-electron chi connectivity index (χ3n) is 3.44. The number of aliphatic carboxylic acids is 1. The zero-order valence-corrected chi connectivity index (χ0v) is 13.3. The zero-order valence-electron chi connectivity index (χ0n) is 12.4. The Kier molecular flexibility index (Phi) is 6.03. The molecule has 5 nitrogen and oxygen atoms in total. The first-order chi connectivity index (χ1) is 10.6. The summed E-state index contributed by atoms with van der Waals surface area (Å²) >= 11 is 1.62. The average Bonchev–Trinajstić information content (AvgIpc) is 2.55. The summed E-state index contributed by atoms with van der Waals surface area (Å²) in [4.78, 5) is 26.3. The normalized spacial score (nSPS) is 15.7. The Balaban J connectivity index is 2.09. The van der Waals surface area contributed by atoms with Gasteiger partial charge in [0.15, 0.2) is 0 Å². The molecular formula is C16H19NO4S. The molecule has 0 unspecified atom stereocenters. The van der Waals surface area contributed by atoms with Crippen LogP contribution in [0.15, 0.2) is 34.7 Å². The molecule has 1 N–H and O–H groups in total. The second kappa shape index (κ2) is 8.00. The maximum absolute atomic E-state index is 12.2. The van der Waals surface area contributed by atoms with Crippen LogP contribution in [0, 0.1) is 0 Å². The fraction of sp³-hybridized carbons (Fsp3) is 0.375. The molecule has 0 atom stereocenters. The number of carbonyl (C=O) groups excluding carboxylic acids is 1. The van der Waals surface area contributed by atoms with E-state index in [-0.39, 0.29) is 17.9 Å². The lowest BCUT2D eigenvalue weighted by Gasteiger charge is -2.26. The van der Waals surface area contributed by atoms with Gasteiger partial charge in [-0.05, 0) is 30.0 Å². The molecule has 1 aliphatic heterocycles. The van der Waals surface area contributed by atoms with Crippen LogP contribution in [0.3, 0.4) is 0 Å². The molecule has 118 valence electrons. The Morgan fingerprint density at radius 2 is 1.91 bits per heavy atom. The van der Waals surface area contributed by atoms with E-state index < -0.39 is 5.97 Å². The minimum absolute atomic E-state index is 0.0976. The van der Waals surface area contributed by atoms with Crippen molar-refractivity contribution in [3.63, 3.8) is 0 Å². The molecule has 1 aromatic carbocycles. The predicted octanol–water partition coefficient (Wildman–Crippen LogP) is 2.13. The molecule has 0 bridgehead atoms. The van der Waals surface area contributed by atoms with Gasteiger partial charge in [-0.15, -0.1) is 11.8 Å². The lowest BCUT2D eigenvalue weighted by molar-refractivity contribution is -0.138. The number of carbonyl (C=O) groups is 2. The van der Waals surface area contributed by atoms with Crippen molar-refractivity contribution in [2.24, 2.45) is 0 Å². The van der Waals surface area contributed by atoms with Gasteiger partial charge in [-0.1, -0.05) is 12.1 Å². The number of ether oxygens (including phenoxy) is 1. The summed E-state index contributed by atoms with van der Waals surface area (Å²) in [6.45, 7) is 2.06. The van der Waals surface area contributed by atoms with Crippen LogP contribution in [0.25, 0.3) is 6.08 Å². The third kappa shape index (κ3) is 4.61. The van der Waals surface area contributed by atoms with Crippen LogP contribution in [0.5, 0.6) is 0 Å². The van der Waals surface area contributed by atoms with E-state index in [0.29, 0.717) is 26.3 Å². The highest BCUT2D eigenvalue weighted by Crippen LogP contribution is 2.18. The van der Waals surface area contributed by atoms with Gasteiger partial charge in [-0.2, -0.15) is 0 Å². The Hall–Kier alpha value is -1.79. The molecule has 0 saturated carbocycles. The predicted molar refractivity (Wildman–Crippen MR) is 85.9 cm³/mol. The summed E-state index contributed by atoms with van der Waals surface area (Å²) in [5.74, 6) is -1.23. The standard InChI is InChI=1S/C16H19NO4S/c1-22-14-4-2-12(3-5-14)10-13(16(19)20)11-15(18)17-6-8-21-9-7-17/h2-5,10H,6-9,11H2,1H3,(H,19,20)/b13-10-. The maximum Gasteiger partial charge on any atom is 0.332 e. The number of benzene rings is 1. The van der Waals surface area contributed by atoms with Gasteiger partial charge in [-0.25, -0.2) is 4.79 Å². The van der Waals surface area contributed by atoms with Crippen molar-refractivity contribution in [3.05, 3.63) is 35.4 Å². The van der Waals surface area contributed by atoms with Crippen molar-refractivity contribution >= 4 is 29.7 Å². The second-order valence-electron chi connectivity index (χ2n) is 4.92. The first-order valence-electron chi connectivity index (χ1n) is 7.03. The molecule has 1 heterocycles. The summed E-state index contributed by atoms with van der Waals surface area (Å²) < 4.78 is 5.19. The number of nitrogens with zero attached hydrogens (tertiary/aromatic N) is 1. The molecule has 6 heteroatoms. The number of morpholine rings is 1. The van der Waals surface area contributed by atoms with E-state index in [4.69, 9.17) is 4.74 Å². The van der Waals surface area contributed by atoms with E-state index in [1.165, 1.54) is 0 Å². The van der Waals surface area contributed by atoms with Crippen molar-refractivity contribution in [1.29, 1.82) is 0 Å². The van der Waals surface area contributed by atoms with E-state index in [1.54, 1.807) is 22.7 Å². The molecule has 1 aromatic rings. The highest BCUT2D eigenvalue weighted by molar-refractivity contribution is 7.98.